The normalized spacial score (nSPS) is 10.5. The van der Waals surface area contributed by atoms with Gasteiger partial charge in [-0.15, -0.1) is 0 Å². The first-order chi connectivity index (χ1) is 9.70. The second-order valence-corrected chi connectivity index (χ2v) is 5.20. The van der Waals surface area contributed by atoms with Gasteiger partial charge >= 0.3 is 0 Å². The highest BCUT2D eigenvalue weighted by atomic mass is 35.5. The highest BCUT2D eigenvalue weighted by Gasteiger charge is 2.07. The molecule has 2 aromatic rings. The Bertz CT molecular complexity index is 567. The lowest BCUT2D eigenvalue weighted by Crippen LogP contribution is -1.89. The number of aryl methyl sites for hydroxylation is 1. The summed E-state index contributed by atoms with van der Waals surface area (Å²) in [5.41, 5.74) is 1.13. The van der Waals surface area contributed by atoms with Gasteiger partial charge in [0.1, 0.15) is 5.75 Å². The van der Waals surface area contributed by atoms with Crippen molar-refractivity contribution in [3.63, 3.8) is 0 Å². The minimum atomic E-state index is 0.152. The quantitative estimate of drug-likeness (QED) is 0.705. The Morgan fingerprint density at radius 3 is 2.55 bits per heavy atom. The molecule has 0 bridgehead atoms. The van der Waals surface area contributed by atoms with Crippen molar-refractivity contribution in [1.82, 2.24) is 0 Å². The van der Waals surface area contributed by atoms with E-state index in [0.29, 0.717) is 16.5 Å². The van der Waals surface area contributed by atoms with E-state index >= 15 is 0 Å². The third-order valence-electron chi connectivity index (χ3n) is 3.15. The SMILES string of the molecule is CCCCCc1ccc(Oc2ccccc2Cl)c(O)c1. The molecule has 2 rings (SSSR count). The van der Waals surface area contributed by atoms with Crippen LogP contribution in [0.5, 0.6) is 17.2 Å². The van der Waals surface area contributed by atoms with Gasteiger partial charge in [0.2, 0.25) is 0 Å². The van der Waals surface area contributed by atoms with Crippen LogP contribution in [0.25, 0.3) is 0 Å². The van der Waals surface area contributed by atoms with Crippen LogP contribution >= 0.6 is 11.6 Å². The average molecular weight is 291 g/mol. The molecule has 106 valence electrons. The van der Waals surface area contributed by atoms with E-state index in [1.807, 2.05) is 18.2 Å². The minimum absolute atomic E-state index is 0.152. The van der Waals surface area contributed by atoms with Crippen molar-refractivity contribution in [2.45, 2.75) is 32.6 Å². The van der Waals surface area contributed by atoms with E-state index in [4.69, 9.17) is 16.3 Å². The molecule has 0 saturated carbocycles. The molecular weight excluding hydrogens is 272 g/mol. The summed E-state index contributed by atoms with van der Waals surface area (Å²) >= 11 is 6.04. The van der Waals surface area contributed by atoms with Gasteiger partial charge in [0.15, 0.2) is 11.5 Å². The van der Waals surface area contributed by atoms with E-state index in [9.17, 15) is 5.11 Å². The number of phenolic OH excluding ortho intramolecular Hbond substituents is 1. The maximum Gasteiger partial charge on any atom is 0.169 e. The molecule has 0 saturated heterocycles. The van der Waals surface area contributed by atoms with Gasteiger partial charge in [-0.25, -0.2) is 0 Å². The van der Waals surface area contributed by atoms with Gasteiger partial charge in [0.05, 0.1) is 5.02 Å². The van der Waals surface area contributed by atoms with Crippen LogP contribution in [0.3, 0.4) is 0 Å². The zero-order valence-corrected chi connectivity index (χ0v) is 12.4. The molecule has 3 heteroatoms. The van der Waals surface area contributed by atoms with E-state index in [0.717, 1.165) is 18.4 Å². The van der Waals surface area contributed by atoms with Crippen LogP contribution in [0.1, 0.15) is 31.7 Å². The summed E-state index contributed by atoms with van der Waals surface area (Å²) in [5, 5.41) is 10.6. The van der Waals surface area contributed by atoms with Gasteiger partial charge < -0.3 is 9.84 Å². The molecule has 0 unspecified atom stereocenters. The molecule has 2 aromatic carbocycles. The van der Waals surface area contributed by atoms with Crippen LogP contribution in [0, 0.1) is 0 Å². The Morgan fingerprint density at radius 1 is 1.05 bits per heavy atom. The molecule has 0 aliphatic rings. The molecule has 0 amide bonds. The zero-order chi connectivity index (χ0) is 14.4. The molecule has 0 atom stereocenters. The van der Waals surface area contributed by atoms with Crippen molar-refractivity contribution in [3.8, 4) is 17.2 Å². The van der Waals surface area contributed by atoms with E-state index in [-0.39, 0.29) is 5.75 Å². The van der Waals surface area contributed by atoms with Crippen molar-refractivity contribution in [2.75, 3.05) is 0 Å². The minimum Gasteiger partial charge on any atom is -0.504 e. The summed E-state index contributed by atoms with van der Waals surface area (Å²) < 4.78 is 5.64. The Balaban J connectivity index is 2.08. The number of phenols is 1. The van der Waals surface area contributed by atoms with Gasteiger partial charge in [0, 0.05) is 0 Å². The van der Waals surface area contributed by atoms with Crippen molar-refractivity contribution < 1.29 is 9.84 Å². The van der Waals surface area contributed by atoms with Crippen molar-refractivity contribution >= 4 is 11.6 Å². The molecule has 0 spiro atoms. The average Bonchev–Trinajstić information content (AvgIpc) is 2.44. The maximum atomic E-state index is 10.0. The fraction of sp³-hybridized carbons (Fsp3) is 0.294. The number of hydrogen-bond acceptors (Lipinski definition) is 2. The van der Waals surface area contributed by atoms with Gasteiger partial charge in [-0.1, -0.05) is 49.6 Å². The number of para-hydroxylation sites is 1. The predicted octanol–water partition coefficient (Wildman–Crippen LogP) is 5.57. The third kappa shape index (κ3) is 3.91. The number of halogens is 1. The number of aromatic hydroxyl groups is 1. The van der Waals surface area contributed by atoms with Crippen LogP contribution < -0.4 is 4.74 Å². The molecule has 20 heavy (non-hydrogen) atoms. The monoisotopic (exact) mass is 290 g/mol. The van der Waals surface area contributed by atoms with E-state index in [1.54, 1.807) is 24.3 Å². The Hall–Kier alpha value is -1.67. The highest BCUT2D eigenvalue weighted by molar-refractivity contribution is 6.32. The van der Waals surface area contributed by atoms with Gasteiger partial charge in [-0.05, 0) is 42.7 Å². The fourth-order valence-corrected chi connectivity index (χ4v) is 2.20. The van der Waals surface area contributed by atoms with Gasteiger partial charge in [-0.3, -0.25) is 0 Å². The second-order valence-electron chi connectivity index (χ2n) is 4.79. The summed E-state index contributed by atoms with van der Waals surface area (Å²) in [6, 6.07) is 12.8. The predicted molar refractivity (Wildman–Crippen MR) is 82.9 cm³/mol. The number of ether oxygens (including phenoxy) is 1. The van der Waals surface area contributed by atoms with Crippen LogP contribution in [-0.4, -0.2) is 5.11 Å². The maximum absolute atomic E-state index is 10.0. The van der Waals surface area contributed by atoms with E-state index < -0.39 is 0 Å². The molecule has 2 nitrogen and oxygen atoms in total. The molecule has 0 aliphatic carbocycles. The van der Waals surface area contributed by atoms with Crippen LogP contribution in [0.2, 0.25) is 5.02 Å². The fourth-order valence-electron chi connectivity index (χ4n) is 2.03. The molecule has 0 radical (unpaired) electrons. The number of rotatable bonds is 6. The van der Waals surface area contributed by atoms with Gasteiger partial charge in [0.25, 0.3) is 0 Å². The highest BCUT2D eigenvalue weighted by Crippen LogP contribution is 2.34. The van der Waals surface area contributed by atoms with E-state index in [1.165, 1.54) is 12.8 Å². The molecule has 0 fully saturated rings. The Kier molecular flexibility index (Phi) is 5.31. The van der Waals surface area contributed by atoms with Crippen LogP contribution in [0.4, 0.5) is 0 Å². The third-order valence-corrected chi connectivity index (χ3v) is 3.46. The van der Waals surface area contributed by atoms with Crippen LogP contribution in [0.15, 0.2) is 42.5 Å². The first kappa shape index (κ1) is 14.7. The van der Waals surface area contributed by atoms with Gasteiger partial charge in [-0.2, -0.15) is 0 Å². The lowest BCUT2D eigenvalue weighted by Gasteiger charge is -2.10. The largest absolute Gasteiger partial charge is 0.504 e. The lowest BCUT2D eigenvalue weighted by molar-refractivity contribution is 0.410. The number of hydrogen-bond donors (Lipinski definition) is 1. The second kappa shape index (κ2) is 7.20. The van der Waals surface area contributed by atoms with E-state index in [2.05, 4.69) is 6.92 Å². The first-order valence-electron chi connectivity index (χ1n) is 6.95. The summed E-state index contributed by atoms with van der Waals surface area (Å²) in [6.45, 7) is 2.18. The molecular formula is C17H19ClO2. The molecule has 1 N–H and O–H groups in total. The number of benzene rings is 2. The summed E-state index contributed by atoms with van der Waals surface area (Å²) in [7, 11) is 0. The zero-order valence-electron chi connectivity index (χ0n) is 11.6. The summed E-state index contributed by atoms with van der Waals surface area (Å²) in [6.07, 6.45) is 4.52. The smallest absolute Gasteiger partial charge is 0.169 e. The molecule has 0 heterocycles. The first-order valence-corrected chi connectivity index (χ1v) is 7.32. The molecule has 0 aromatic heterocycles. The Morgan fingerprint density at radius 2 is 1.85 bits per heavy atom. The summed E-state index contributed by atoms with van der Waals surface area (Å²) in [5.74, 6) is 1.12. The topological polar surface area (TPSA) is 29.5 Å². The Labute approximate surface area is 125 Å². The molecule has 0 aliphatic heterocycles. The number of unbranched alkanes of at least 4 members (excludes halogenated alkanes) is 2. The summed E-state index contributed by atoms with van der Waals surface area (Å²) in [4.78, 5) is 0. The standard InChI is InChI=1S/C17H19ClO2/c1-2-3-4-7-13-10-11-17(15(19)12-13)20-16-9-6-5-8-14(16)18/h5-6,8-12,19H,2-4,7H2,1H3. The van der Waals surface area contributed by atoms with Crippen molar-refractivity contribution in [2.24, 2.45) is 0 Å². The van der Waals surface area contributed by atoms with Crippen molar-refractivity contribution in [1.29, 1.82) is 0 Å². The lowest BCUT2D eigenvalue weighted by atomic mass is 10.1. The van der Waals surface area contributed by atoms with Crippen LogP contribution in [-0.2, 0) is 6.42 Å². The van der Waals surface area contributed by atoms with Crippen molar-refractivity contribution in [3.05, 3.63) is 53.1 Å².